The molecule has 2 aromatic heterocycles. The number of carbonyl (C=O) groups is 2. The van der Waals surface area contributed by atoms with Crippen molar-refractivity contribution in [2.75, 3.05) is 11.9 Å². The molecule has 2 fully saturated rings. The van der Waals surface area contributed by atoms with Crippen LogP contribution < -0.4 is 5.32 Å². The number of esters is 1. The van der Waals surface area contributed by atoms with Gasteiger partial charge in [-0.25, -0.2) is 19.6 Å². The minimum Gasteiger partial charge on any atom is -0.461 e. The van der Waals surface area contributed by atoms with E-state index in [-0.39, 0.29) is 11.7 Å². The quantitative estimate of drug-likeness (QED) is 0.356. The SMILES string of the molecule is CCOC(=O)c1c[nH]c(SCc2csc(NC(=O)N(C3CCCCC3)C3CCCCC3)n2)n1. The molecule has 33 heavy (non-hydrogen) atoms. The second kappa shape index (κ2) is 11.9. The van der Waals surface area contributed by atoms with Crippen LogP contribution >= 0.6 is 23.1 Å². The van der Waals surface area contributed by atoms with Gasteiger partial charge >= 0.3 is 12.0 Å². The smallest absolute Gasteiger partial charge is 0.358 e. The molecule has 0 aliphatic heterocycles. The molecule has 2 N–H and O–H groups in total. The maximum absolute atomic E-state index is 13.3. The van der Waals surface area contributed by atoms with E-state index in [0.717, 1.165) is 31.4 Å². The molecule has 0 unspecified atom stereocenters. The van der Waals surface area contributed by atoms with Crippen molar-refractivity contribution in [3.63, 3.8) is 0 Å². The van der Waals surface area contributed by atoms with Crippen molar-refractivity contribution in [2.45, 2.75) is 94.1 Å². The van der Waals surface area contributed by atoms with Gasteiger partial charge in [0.2, 0.25) is 0 Å². The summed E-state index contributed by atoms with van der Waals surface area (Å²) in [6, 6.07) is 0.709. The van der Waals surface area contributed by atoms with E-state index in [1.54, 1.807) is 13.1 Å². The normalized spacial score (nSPS) is 17.6. The molecule has 2 amide bonds. The fourth-order valence-corrected chi connectivity index (χ4v) is 6.31. The summed E-state index contributed by atoms with van der Waals surface area (Å²) in [6.07, 6.45) is 13.4. The number of aromatic amines is 1. The van der Waals surface area contributed by atoms with Crippen molar-refractivity contribution < 1.29 is 14.3 Å². The van der Waals surface area contributed by atoms with Crippen LogP contribution in [-0.2, 0) is 10.5 Å². The minimum absolute atomic E-state index is 0.00691. The van der Waals surface area contributed by atoms with Crippen LogP contribution in [0.5, 0.6) is 0 Å². The number of imidazole rings is 1. The number of nitrogens with zero attached hydrogens (tertiary/aromatic N) is 3. The first-order valence-electron chi connectivity index (χ1n) is 12.0. The lowest BCUT2D eigenvalue weighted by atomic mass is 9.89. The van der Waals surface area contributed by atoms with Gasteiger partial charge in [-0.3, -0.25) is 5.32 Å². The molecular weight excluding hydrogens is 458 g/mol. The standard InChI is InChI=1S/C23H33N5O3S2/c1-2-31-20(29)19-13-24-21(26-19)32-14-16-15-33-22(25-16)27-23(30)28(17-9-5-3-6-10-17)18-11-7-4-8-12-18/h13,15,17-18H,2-12,14H2,1H3,(H,24,26)(H,25,27,30). The molecule has 2 heterocycles. The van der Waals surface area contributed by atoms with E-state index in [4.69, 9.17) is 4.74 Å². The van der Waals surface area contributed by atoms with Gasteiger partial charge in [0.05, 0.1) is 12.3 Å². The zero-order valence-corrected chi connectivity index (χ0v) is 20.8. The Morgan fingerprint density at radius 2 is 1.79 bits per heavy atom. The van der Waals surface area contributed by atoms with Crippen LogP contribution in [-0.4, -0.2) is 50.5 Å². The highest BCUT2D eigenvalue weighted by atomic mass is 32.2. The van der Waals surface area contributed by atoms with E-state index in [0.29, 0.717) is 34.7 Å². The minimum atomic E-state index is -0.431. The molecule has 180 valence electrons. The first-order chi connectivity index (χ1) is 16.1. The van der Waals surface area contributed by atoms with E-state index in [9.17, 15) is 9.59 Å². The highest BCUT2D eigenvalue weighted by molar-refractivity contribution is 7.98. The number of ether oxygens (including phenoxy) is 1. The van der Waals surface area contributed by atoms with Gasteiger partial charge in [0.1, 0.15) is 0 Å². The summed E-state index contributed by atoms with van der Waals surface area (Å²) < 4.78 is 4.97. The molecule has 0 bridgehead atoms. The molecule has 2 saturated carbocycles. The van der Waals surface area contributed by atoms with Crippen LogP contribution in [0.15, 0.2) is 16.7 Å². The number of rotatable bonds is 8. The molecule has 2 aromatic rings. The number of urea groups is 1. The average molecular weight is 492 g/mol. The first kappa shape index (κ1) is 24.1. The van der Waals surface area contributed by atoms with Gasteiger partial charge in [-0.2, -0.15) is 0 Å². The number of thiazole rings is 1. The number of thioether (sulfide) groups is 1. The van der Waals surface area contributed by atoms with Gasteiger partial charge in [0, 0.05) is 29.4 Å². The fourth-order valence-electron chi connectivity index (χ4n) is 4.76. The zero-order valence-electron chi connectivity index (χ0n) is 19.2. The summed E-state index contributed by atoms with van der Waals surface area (Å²) in [4.78, 5) is 39.1. The Morgan fingerprint density at radius 3 is 2.42 bits per heavy atom. The third kappa shape index (κ3) is 6.50. The maximum Gasteiger partial charge on any atom is 0.358 e. The molecule has 2 aliphatic rings. The number of H-pyrrole nitrogens is 1. The molecule has 0 aromatic carbocycles. The second-order valence-electron chi connectivity index (χ2n) is 8.67. The van der Waals surface area contributed by atoms with Gasteiger partial charge in [-0.15, -0.1) is 11.3 Å². The lowest BCUT2D eigenvalue weighted by Crippen LogP contribution is -2.50. The van der Waals surface area contributed by atoms with Crippen LogP contribution in [0.25, 0.3) is 0 Å². The molecule has 2 aliphatic carbocycles. The number of aromatic nitrogens is 3. The molecule has 0 spiro atoms. The van der Waals surface area contributed by atoms with Gasteiger partial charge in [0.25, 0.3) is 0 Å². The van der Waals surface area contributed by atoms with E-state index >= 15 is 0 Å². The Balaban J connectivity index is 1.34. The van der Waals surface area contributed by atoms with Gasteiger partial charge in [-0.05, 0) is 32.6 Å². The molecule has 0 saturated heterocycles. The predicted octanol–water partition coefficient (Wildman–Crippen LogP) is 5.83. The second-order valence-corrected chi connectivity index (χ2v) is 10.5. The average Bonchev–Trinajstić information content (AvgIpc) is 3.49. The summed E-state index contributed by atoms with van der Waals surface area (Å²) in [5.74, 6) is 0.164. The van der Waals surface area contributed by atoms with Crippen molar-refractivity contribution >= 4 is 40.2 Å². The van der Waals surface area contributed by atoms with Crippen molar-refractivity contribution in [3.05, 3.63) is 23.0 Å². The fraction of sp³-hybridized carbons (Fsp3) is 0.652. The highest BCUT2D eigenvalue weighted by Crippen LogP contribution is 2.31. The van der Waals surface area contributed by atoms with Crippen molar-refractivity contribution in [1.82, 2.24) is 19.9 Å². The summed E-state index contributed by atoms with van der Waals surface area (Å²) in [7, 11) is 0. The Morgan fingerprint density at radius 1 is 1.12 bits per heavy atom. The van der Waals surface area contributed by atoms with Crippen LogP contribution in [0.2, 0.25) is 0 Å². The van der Waals surface area contributed by atoms with Crippen LogP contribution in [0.3, 0.4) is 0 Å². The molecule has 0 radical (unpaired) electrons. The van der Waals surface area contributed by atoms with Crippen LogP contribution in [0, 0.1) is 0 Å². The van der Waals surface area contributed by atoms with Gasteiger partial charge in [-0.1, -0.05) is 50.3 Å². The highest BCUT2D eigenvalue weighted by Gasteiger charge is 2.32. The molecule has 10 heteroatoms. The Kier molecular flexibility index (Phi) is 8.66. The van der Waals surface area contributed by atoms with E-state index < -0.39 is 5.97 Å². The Labute approximate surface area is 203 Å². The maximum atomic E-state index is 13.3. The van der Waals surface area contributed by atoms with Crippen molar-refractivity contribution in [3.8, 4) is 0 Å². The lowest BCUT2D eigenvalue weighted by molar-refractivity contribution is 0.0519. The molecule has 4 rings (SSSR count). The van der Waals surface area contributed by atoms with Crippen LogP contribution in [0.4, 0.5) is 9.93 Å². The van der Waals surface area contributed by atoms with E-state index in [2.05, 4.69) is 25.2 Å². The molecule has 0 atom stereocenters. The number of nitrogens with one attached hydrogen (secondary N) is 2. The van der Waals surface area contributed by atoms with Crippen molar-refractivity contribution in [2.24, 2.45) is 0 Å². The van der Waals surface area contributed by atoms with E-state index in [1.807, 2.05) is 5.38 Å². The summed E-state index contributed by atoms with van der Waals surface area (Å²) in [5.41, 5.74) is 1.15. The number of anilines is 1. The zero-order chi connectivity index (χ0) is 23.0. The summed E-state index contributed by atoms with van der Waals surface area (Å²) in [5, 5.41) is 6.32. The summed E-state index contributed by atoms with van der Waals surface area (Å²) >= 11 is 2.91. The van der Waals surface area contributed by atoms with Gasteiger partial charge in [0.15, 0.2) is 16.0 Å². The third-order valence-corrected chi connectivity index (χ3v) is 8.06. The Bertz CT molecular complexity index is 901. The summed E-state index contributed by atoms with van der Waals surface area (Å²) in [6.45, 7) is 2.09. The largest absolute Gasteiger partial charge is 0.461 e. The Hall–Kier alpha value is -2.07. The molecule has 8 nitrogen and oxygen atoms in total. The monoisotopic (exact) mass is 491 g/mol. The third-order valence-electron chi connectivity index (χ3n) is 6.33. The predicted molar refractivity (Wildman–Crippen MR) is 131 cm³/mol. The number of carbonyl (C=O) groups excluding carboxylic acids is 2. The topological polar surface area (TPSA) is 100 Å². The number of hydrogen-bond donors (Lipinski definition) is 2. The number of hydrogen-bond acceptors (Lipinski definition) is 7. The van der Waals surface area contributed by atoms with E-state index in [1.165, 1.54) is 61.6 Å². The first-order valence-corrected chi connectivity index (χ1v) is 13.9. The van der Waals surface area contributed by atoms with Crippen LogP contribution in [0.1, 0.15) is 87.3 Å². The lowest BCUT2D eigenvalue weighted by Gasteiger charge is -2.41. The van der Waals surface area contributed by atoms with Crippen molar-refractivity contribution in [1.29, 1.82) is 0 Å². The van der Waals surface area contributed by atoms with Gasteiger partial charge < -0.3 is 14.6 Å². The number of amides is 2. The molecular formula is C23H33N5O3S2.